The Kier molecular flexibility index (Phi) is 5.55. The number of hydrogen-bond acceptors (Lipinski definition) is 3. The molecule has 0 spiro atoms. The van der Waals surface area contributed by atoms with Crippen LogP contribution in [0.2, 0.25) is 10.0 Å². The number of aromatic amines is 1. The molecule has 150 valence electrons. The van der Waals surface area contributed by atoms with Gasteiger partial charge in [0.1, 0.15) is 10.9 Å². The average Bonchev–Trinajstić information content (AvgIpc) is 2.95. The summed E-state index contributed by atoms with van der Waals surface area (Å²) in [6, 6.07) is 6.59. The summed E-state index contributed by atoms with van der Waals surface area (Å²) in [5, 5.41) is -0.171. The molecule has 0 aliphatic rings. The van der Waals surface area contributed by atoms with Crippen molar-refractivity contribution in [2.45, 2.75) is 23.5 Å². The summed E-state index contributed by atoms with van der Waals surface area (Å²) in [7, 11) is -4.68. The Labute approximate surface area is 168 Å². The summed E-state index contributed by atoms with van der Waals surface area (Å²) in [6.07, 6.45) is -4.05. The van der Waals surface area contributed by atoms with Gasteiger partial charge in [-0.25, -0.2) is 8.42 Å². The number of benzene rings is 2. The summed E-state index contributed by atoms with van der Waals surface area (Å²) in [6.45, 7) is 0. The van der Waals surface area contributed by atoms with Crippen LogP contribution in [-0.2, 0) is 16.4 Å². The molecule has 1 aromatic heterocycles. The molecular formula is C17H14Cl2F3N3O2S. The first kappa shape index (κ1) is 20.8. The van der Waals surface area contributed by atoms with E-state index in [9.17, 15) is 21.6 Å². The zero-order chi connectivity index (χ0) is 20.7. The highest BCUT2D eigenvalue weighted by Gasteiger charge is 2.43. The molecule has 0 fully saturated rings. The molecule has 0 saturated heterocycles. The Bertz CT molecular complexity index is 1110. The van der Waals surface area contributed by atoms with E-state index in [4.69, 9.17) is 28.9 Å². The Morgan fingerprint density at radius 2 is 1.75 bits per heavy atom. The number of alkyl halides is 3. The number of rotatable bonds is 5. The lowest BCUT2D eigenvalue weighted by molar-refractivity contribution is -0.150. The standard InChI is InChI=1S/C17H14Cl2F3N3O2S/c18-12-6-10(23)7-13(19)16(12)28(26,27)25-15(17(20,21)22)5-9-8-24-14-4-2-1-3-11(9)14/h1-4,6-8,15,24-25H,5,23H2. The number of sulfonamides is 1. The van der Waals surface area contributed by atoms with Crippen molar-refractivity contribution in [2.24, 2.45) is 0 Å². The molecule has 3 aromatic rings. The monoisotopic (exact) mass is 451 g/mol. The average molecular weight is 452 g/mol. The molecule has 0 amide bonds. The van der Waals surface area contributed by atoms with Crippen LogP contribution in [0, 0.1) is 0 Å². The van der Waals surface area contributed by atoms with Crippen molar-refractivity contribution in [1.82, 2.24) is 9.71 Å². The van der Waals surface area contributed by atoms with Gasteiger partial charge in [-0.05, 0) is 30.2 Å². The highest BCUT2D eigenvalue weighted by atomic mass is 35.5. The Morgan fingerprint density at radius 3 is 2.36 bits per heavy atom. The Hall–Kier alpha value is -1.94. The van der Waals surface area contributed by atoms with Gasteiger partial charge in [-0.3, -0.25) is 0 Å². The van der Waals surface area contributed by atoms with Crippen molar-refractivity contribution >= 4 is 49.8 Å². The zero-order valence-corrected chi connectivity index (χ0v) is 16.3. The highest BCUT2D eigenvalue weighted by molar-refractivity contribution is 7.89. The maximum Gasteiger partial charge on any atom is 0.405 e. The number of hydrogen-bond donors (Lipinski definition) is 3. The molecule has 0 radical (unpaired) electrons. The van der Waals surface area contributed by atoms with Crippen molar-refractivity contribution in [3.05, 3.63) is 58.2 Å². The number of nitrogens with one attached hydrogen (secondary N) is 2. The van der Waals surface area contributed by atoms with Crippen LogP contribution >= 0.6 is 23.2 Å². The summed E-state index contributed by atoms with van der Waals surface area (Å²) < 4.78 is 67.7. The fraction of sp³-hybridized carbons (Fsp3) is 0.176. The first-order valence-electron chi connectivity index (χ1n) is 7.87. The minimum atomic E-state index is -4.85. The van der Waals surface area contributed by atoms with Crippen LogP contribution in [0.25, 0.3) is 10.9 Å². The maximum atomic E-state index is 13.6. The van der Waals surface area contributed by atoms with E-state index in [1.54, 1.807) is 29.0 Å². The van der Waals surface area contributed by atoms with E-state index >= 15 is 0 Å². The number of anilines is 1. The molecule has 0 saturated carbocycles. The minimum absolute atomic E-state index is 0.0834. The van der Waals surface area contributed by atoms with Crippen molar-refractivity contribution in [2.75, 3.05) is 5.73 Å². The number of fused-ring (bicyclic) bond motifs is 1. The van der Waals surface area contributed by atoms with Crippen molar-refractivity contribution < 1.29 is 21.6 Å². The van der Waals surface area contributed by atoms with Crippen LogP contribution in [0.5, 0.6) is 0 Å². The molecule has 2 aromatic carbocycles. The molecule has 3 rings (SSSR count). The number of para-hydroxylation sites is 1. The van der Waals surface area contributed by atoms with Crippen LogP contribution in [0.3, 0.4) is 0 Å². The number of nitrogen functional groups attached to an aromatic ring is 1. The second kappa shape index (κ2) is 7.47. The molecule has 0 aliphatic carbocycles. The SMILES string of the molecule is Nc1cc(Cl)c(S(=O)(=O)NC(Cc2c[nH]c3ccccc23)C(F)(F)F)c(Cl)c1. The van der Waals surface area contributed by atoms with Crippen molar-refractivity contribution in [3.8, 4) is 0 Å². The van der Waals surface area contributed by atoms with Crippen LogP contribution in [0.4, 0.5) is 18.9 Å². The quantitative estimate of drug-likeness (QED) is 0.498. The third-order valence-electron chi connectivity index (χ3n) is 4.08. The second-order valence-electron chi connectivity index (χ2n) is 6.09. The highest BCUT2D eigenvalue weighted by Crippen LogP contribution is 2.34. The predicted octanol–water partition coefficient (Wildman–Crippen LogP) is 4.51. The fourth-order valence-corrected chi connectivity index (χ4v) is 5.28. The largest absolute Gasteiger partial charge is 0.405 e. The minimum Gasteiger partial charge on any atom is -0.399 e. The molecule has 1 heterocycles. The van der Waals surface area contributed by atoms with Gasteiger partial charge in [0, 0.05) is 22.8 Å². The normalized spacial score (nSPS) is 13.8. The Morgan fingerprint density at radius 1 is 1.14 bits per heavy atom. The predicted molar refractivity (Wildman–Crippen MR) is 103 cm³/mol. The van der Waals surface area contributed by atoms with Gasteiger partial charge in [0.15, 0.2) is 0 Å². The van der Waals surface area contributed by atoms with E-state index in [-0.39, 0.29) is 15.7 Å². The lowest BCUT2D eigenvalue weighted by Gasteiger charge is -2.22. The van der Waals surface area contributed by atoms with Gasteiger partial charge in [-0.1, -0.05) is 41.4 Å². The van der Waals surface area contributed by atoms with Crippen LogP contribution in [-0.4, -0.2) is 25.6 Å². The number of halogens is 5. The molecule has 4 N–H and O–H groups in total. The molecule has 11 heteroatoms. The molecule has 0 aliphatic heterocycles. The summed E-state index contributed by atoms with van der Waals surface area (Å²) in [5.41, 5.74) is 6.56. The smallest absolute Gasteiger partial charge is 0.399 e. The van der Waals surface area contributed by atoms with Gasteiger partial charge >= 0.3 is 6.18 Å². The van der Waals surface area contributed by atoms with E-state index in [0.29, 0.717) is 16.5 Å². The first-order valence-corrected chi connectivity index (χ1v) is 10.1. The second-order valence-corrected chi connectivity index (χ2v) is 8.56. The van der Waals surface area contributed by atoms with Crippen LogP contribution in [0.1, 0.15) is 5.56 Å². The molecule has 5 nitrogen and oxygen atoms in total. The van der Waals surface area contributed by atoms with Gasteiger partial charge in [-0.15, -0.1) is 0 Å². The van der Waals surface area contributed by atoms with Crippen LogP contribution < -0.4 is 10.5 Å². The molecule has 0 bridgehead atoms. The van der Waals surface area contributed by atoms with Crippen molar-refractivity contribution in [1.29, 1.82) is 0 Å². The van der Waals surface area contributed by atoms with Gasteiger partial charge < -0.3 is 10.7 Å². The lowest BCUT2D eigenvalue weighted by atomic mass is 10.1. The van der Waals surface area contributed by atoms with E-state index in [1.165, 1.54) is 6.20 Å². The summed E-state index contributed by atoms with van der Waals surface area (Å²) >= 11 is 11.7. The summed E-state index contributed by atoms with van der Waals surface area (Å²) in [5.74, 6) is 0. The zero-order valence-electron chi connectivity index (χ0n) is 14.0. The van der Waals surface area contributed by atoms with Gasteiger partial charge in [0.2, 0.25) is 10.0 Å². The number of nitrogens with two attached hydrogens (primary N) is 1. The summed E-state index contributed by atoms with van der Waals surface area (Å²) in [4.78, 5) is 2.21. The fourth-order valence-electron chi connectivity index (χ4n) is 2.83. The molecular weight excluding hydrogens is 438 g/mol. The number of H-pyrrole nitrogens is 1. The van der Waals surface area contributed by atoms with Gasteiger partial charge in [0.25, 0.3) is 0 Å². The molecule has 28 heavy (non-hydrogen) atoms. The van der Waals surface area contributed by atoms with E-state index in [1.807, 2.05) is 0 Å². The van der Waals surface area contributed by atoms with Gasteiger partial charge in [-0.2, -0.15) is 17.9 Å². The topological polar surface area (TPSA) is 88.0 Å². The Balaban J connectivity index is 1.98. The number of aromatic nitrogens is 1. The first-order chi connectivity index (χ1) is 13.0. The lowest BCUT2D eigenvalue weighted by Crippen LogP contribution is -2.46. The van der Waals surface area contributed by atoms with Crippen LogP contribution in [0.15, 0.2) is 47.5 Å². The third-order valence-corrected chi connectivity index (χ3v) is 6.47. The maximum absolute atomic E-state index is 13.6. The molecule has 1 unspecified atom stereocenters. The van der Waals surface area contributed by atoms with E-state index in [0.717, 1.165) is 12.1 Å². The van der Waals surface area contributed by atoms with E-state index < -0.39 is 33.6 Å². The third kappa shape index (κ3) is 4.22. The van der Waals surface area contributed by atoms with Gasteiger partial charge in [0.05, 0.1) is 10.0 Å². The van der Waals surface area contributed by atoms with E-state index in [2.05, 4.69) is 4.98 Å². The molecule has 1 atom stereocenters. The van der Waals surface area contributed by atoms with Crippen molar-refractivity contribution in [3.63, 3.8) is 0 Å².